The molecule has 0 aliphatic carbocycles. The van der Waals surface area contributed by atoms with Gasteiger partial charge in [0.1, 0.15) is 11.3 Å². The van der Waals surface area contributed by atoms with Crippen LogP contribution in [0, 0.1) is 0 Å². The Balaban J connectivity index is 1.25. The van der Waals surface area contributed by atoms with Crippen LogP contribution in [0.1, 0.15) is 30.7 Å². The van der Waals surface area contributed by atoms with Gasteiger partial charge in [0.2, 0.25) is 11.1 Å². The Morgan fingerprint density at radius 3 is 2.94 bits per heavy atom. The van der Waals surface area contributed by atoms with Crippen molar-refractivity contribution < 1.29 is 14.3 Å². The van der Waals surface area contributed by atoms with E-state index in [9.17, 15) is 9.59 Å². The quantitative estimate of drug-likeness (QED) is 0.425. The second kappa shape index (κ2) is 9.90. The van der Waals surface area contributed by atoms with Crippen molar-refractivity contribution >= 4 is 45.6 Å². The van der Waals surface area contributed by atoms with E-state index < -0.39 is 0 Å². The minimum absolute atomic E-state index is 0.0350. The second-order valence-electron chi connectivity index (χ2n) is 8.36. The molecule has 1 N–H and O–H groups in total. The lowest BCUT2D eigenvalue weighted by molar-refractivity contribution is -0.119. The number of methoxy groups -OCH3 is 1. The van der Waals surface area contributed by atoms with Crippen molar-refractivity contribution in [1.82, 2.24) is 20.3 Å². The summed E-state index contributed by atoms with van der Waals surface area (Å²) in [7, 11) is 1.66. The number of pyridine rings is 1. The Labute approximate surface area is 201 Å². The fourth-order valence-electron chi connectivity index (χ4n) is 4.27. The third-order valence-corrected chi connectivity index (χ3v) is 6.92. The number of para-hydroxylation sites is 1. The highest BCUT2D eigenvalue weighted by molar-refractivity contribution is 8.18. The molecule has 2 fully saturated rings. The first kappa shape index (κ1) is 22.5. The summed E-state index contributed by atoms with van der Waals surface area (Å²) in [5.41, 5.74) is 2.47. The fraction of sp³-hybridized carbons (Fsp3) is 0.320. The van der Waals surface area contributed by atoms with E-state index in [0.717, 1.165) is 60.0 Å². The van der Waals surface area contributed by atoms with Crippen LogP contribution in [0.5, 0.6) is 5.75 Å². The van der Waals surface area contributed by atoms with Crippen LogP contribution in [0.2, 0.25) is 0 Å². The van der Waals surface area contributed by atoms with E-state index >= 15 is 0 Å². The van der Waals surface area contributed by atoms with Gasteiger partial charge in [0, 0.05) is 37.3 Å². The summed E-state index contributed by atoms with van der Waals surface area (Å²) < 4.78 is 5.46. The molecule has 0 unspecified atom stereocenters. The van der Waals surface area contributed by atoms with Crippen molar-refractivity contribution in [2.45, 2.75) is 31.8 Å². The fourth-order valence-corrected chi connectivity index (χ4v) is 5.08. The average molecular weight is 476 g/mol. The Morgan fingerprint density at radius 1 is 1.21 bits per heavy atom. The number of benzene rings is 1. The van der Waals surface area contributed by atoms with Gasteiger partial charge in [-0.3, -0.25) is 9.59 Å². The highest BCUT2D eigenvalue weighted by atomic mass is 32.2. The van der Waals surface area contributed by atoms with Crippen LogP contribution in [-0.2, 0) is 16.1 Å². The lowest BCUT2D eigenvalue weighted by Gasteiger charge is -2.33. The number of piperidine rings is 1. The highest BCUT2D eigenvalue weighted by Crippen LogP contribution is 2.30. The predicted octanol–water partition coefficient (Wildman–Crippen LogP) is 3.37. The van der Waals surface area contributed by atoms with Gasteiger partial charge in [-0.2, -0.15) is 0 Å². The van der Waals surface area contributed by atoms with Gasteiger partial charge < -0.3 is 15.0 Å². The summed E-state index contributed by atoms with van der Waals surface area (Å²) in [6.07, 6.45) is 5.43. The summed E-state index contributed by atoms with van der Waals surface area (Å²) in [5, 5.41) is 4.57. The Morgan fingerprint density at radius 2 is 2.12 bits per heavy atom. The minimum Gasteiger partial charge on any atom is -0.494 e. The number of allylic oxidation sites excluding steroid dienone is 1. The second-order valence-corrected chi connectivity index (χ2v) is 9.46. The number of ether oxygens (including phenoxy) is 1. The number of ketones is 1. The molecule has 34 heavy (non-hydrogen) atoms. The number of thioether (sulfide) groups is 1. The van der Waals surface area contributed by atoms with E-state index in [4.69, 9.17) is 9.72 Å². The molecule has 1 atom stereocenters. The zero-order valence-electron chi connectivity index (χ0n) is 18.9. The average Bonchev–Trinajstić information content (AvgIpc) is 3.18. The molecule has 0 bridgehead atoms. The van der Waals surface area contributed by atoms with E-state index in [1.807, 2.05) is 24.3 Å². The molecule has 9 heteroatoms. The highest BCUT2D eigenvalue weighted by Gasteiger charge is 2.26. The first-order valence-corrected chi connectivity index (χ1v) is 12.1. The summed E-state index contributed by atoms with van der Waals surface area (Å²) >= 11 is 0.992. The normalized spacial score (nSPS) is 19.9. The van der Waals surface area contributed by atoms with Gasteiger partial charge in [0.05, 0.1) is 29.8 Å². The molecule has 174 valence electrons. The van der Waals surface area contributed by atoms with Crippen LogP contribution in [0.4, 0.5) is 5.95 Å². The number of fused-ring (bicyclic) bond motifs is 1. The van der Waals surface area contributed by atoms with Gasteiger partial charge in [-0.05, 0) is 48.9 Å². The first-order valence-electron chi connectivity index (χ1n) is 11.3. The number of nitrogens with zero attached hydrogens (tertiary/aromatic N) is 4. The van der Waals surface area contributed by atoms with E-state index in [-0.39, 0.29) is 23.4 Å². The standard InChI is InChI=1S/C25H25N5O3S/c1-33-21-6-2-4-16-7-8-18(28-24(16)21)14-27-19-5-3-11-30(15-19)25-26-10-9-17(29-25)12-22-20(31)13-23(32)34-22/h2,4,6-10,12,19,27H,3,5,11,13-15H2,1H3/b22-12-/t19-/m1/s1. The van der Waals surface area contributed by atoms with Crippen LogP contribution < -0.4 is 15.0 Å². The molecule has 4 heterocycles. The molecule has 0 saturated carbocycles. The SMILES string of the molecule is COc1cccc2ccc(CN[C@@H]3CCCN(c4nccc(/C=C5\SC(=O)CC5=O)n4)C3)nc12. The van der Waals surface area contributed by atoms with E-state index in [1.165, 1.54) is 0 Å². The van der Waals surface area contributed by atoms with Crippen LogP contribution in [0.25, 0.3) is 17.0 Å². The van der Waals surface area contributed by atoms with Crippen LogP contribution in [-0.4, -0.2) is 52.1 Å². The minimum atomic E-state index is -0.141. The summed E-state index contributed by atoms with van der Waals surface area (Å²) in [5.74, 6) is 1.27. The smallest absolute Gasteiger partial charge is 0.225 e. The number of carbonyl (C=O) groups is 2. The topological polar surface area (TPSA) is 97.3 Å². The number of Topliss-reactive ketones (excluding diaryl/α,β-unsaturated/α-hetero) is 1. The number of anilines is 1. The lowest BCUT2D eigenvalue weighted by atomic mass is 10.1. The molecule has 0 radical (unpaired) electrons. The van der Waals surface area contributed by atoms with Gasteiger partial charge in [0.25, 0.3) is 0 Å². The maximum atomic E-state index is 11.9. The number of hydrogen-bond acceptors (Lipinski definition) is 9. The van der Waals surface area contributed by atoms with Gasteiger partial charge >= 0.3 is 0 Å². The third kappa shape index (κ3) is 4.95. The molecule has 8 nitrogen and oxygen atoms in total. The summed E-state index contributed by atoms with van der Waals surface area (Å²) in [4.78, 5) is 39.9. The van der Waals surface area contributed by atoms with E-state index in [2.05, 4.69) is 26.3 Å². The Kier molecular flexibility index (Phi) is 6.55. The van der Waals surface area contributed by atoms with Crippen molar-refractivity contribution in [2.75, 3.05) is 25.1 Å². The monoisotopic (exact) mass is 475 g/mol. The van der Waals surface area contributed by atoms with Crippen molar-refractivity contribution in [3.05, 3.63) is 58.9 Å². The van der Waals surface area contributed by atoms with Crippen molar-refractivity contribution in [3.8, 4) is 5.75 Å². The third-order valence-electron chi connectivity index (χ3n) is 5.98. The summed E-state index contributed by atoms with van der Waals surface area (Å²) in [6.45, 7) is 2.31. The number of hydrogen-bond donors (Lipinski definition) is 1. The zero-order valence-corrected chi connectivity index (χ0v) is 19.7. The van der Waals surface area contributed by atoms with Gasteiger partial charge in [-0.25, -0.2) is 15.0 Å². The van der Waals surface area contributed by atoms with E-state index in [0.29, 0.717) is 23.1 Å². The summed E-state index contributed by atoms with van der Waals surface area (Å²) in [6, 6.07) is 12.1. The molecule has 0 amide bonds. The zero-order chi connectivity index (χ0) is 23.5. The molecule has 1 aromatic carbocycles. The first-order chi connectivity index (χ1) is 16.6. The molecule has 5 rings (SSSR count). The molecule has 2 saturated heterocycles. The maximum absolute atomic E-state index is 11.9. The Hall–Kier alpha value is -3.30. The number of carbonyl (C=O) groups excluding carboxylic acids is 2. The lowest BCUT2D eigenvalue weighted by Crippen LogP contribution is -2.46. The molecular weight excluding hydrogens is 450 g/mol. The van der Waals surface area contributed by atoms with Gasteiger partial charge in [0.15, 0.2) is 5.78 Å². The van der Waals surface area contributed by atoms with Crippen LogP contribution in [0.3, 0.4) is 0 Å². The van der Waals surface area contributed by atoms with Crippen molar-refractivity contribution in [2.24, 2.45) is 0 Å². The van der Waals surface area contributed by atoms with Crippen molar-refractivity contribution in [1.29, 1.82) is 0 Å². The predicted molar refractivity (Wildman–Crippen MR) is 133 cm³/mol. The molecular formula is C25H25N5O3S. The van der Waals surface area contributed by atoms with Gasteiger partial charge in [-0.1, -0.05) is 18.2 Å². The molecule has 2 aliphatic rings. The van der Waals surface area contributed by atoms with Crippen LogP contribution in [0.15, 0.2) is 47.5 Å². The maximum Gasteiger partial charge on any atom is 0.225 e. The van der Waals surface area contributed by atoms with E-state index in [1.54, 1.807) is 25.4 Å². The largest absolute Gasteiger partial charge is 0.494 e. The molecule has 3 aromatic rings. The van der Waals surface area contributed by atoms with Crippen LogP contribution >= 0.6 is 11.8 Å². The van der Waals surface area contributed by atoms with Crippen molar-refractivity contribution in [3.63, 3.8) is 0 Å². The number of rotatable bonds is 6. The molecule has 2 aromatic heterocycles. The molecule has 2 aliphatic heterocycles. The molecule has 0 spiro atoms. The number of nitrogens with one attached hydrogen (secondary N) is 1. The Bertz CT molecular complexity index is 1280. The van der Waals surface area contributed by atoms with Gasteiger partial charge in [-0.15, -0.1) is 0 Å². The number of aromatic nitrogens is 3.